The first-order valence-corrected chi connectivity index (χ1v) is 6.59. The van der Waals surface area contributed by atoms with Crippen LogP contribution >= 0.6 is 0 Å². The van der Waals surface area contributed by atoms with Crippen LogP contribution in [0.4, 0.5) is 5.82 Å². The van der Waals surface area contributed by atoms with Gasteiger partial charge in [-0.2, -0.15) is 0 Å². The molecule has 0 aliphatic heterocycles. The Morgan fingerprint density at radius 1 is 1.39 bits per heavy atom. The van der Waals surface area contributed by atoms with Gasteiger partial charge >= 0.3 is 5.97 Å². The van der Waals surface area contributed by atoms with Gasteiger partial charge in [-0.3, -0.25) is 0 Å². The summed E-state index contributed by atoms with van der Waals surface area (Å²) in [5, 5.41) is 3.47. The number of hydrogen-bond acceptors (Lipinski definition) is 4. The van der Waals surface area contributed by atoms with Gasteiger partial charge in [-0.25, -0.2) is 9.78 Å². The molecule has 18 heavy (non-hydrogen) atoms. The van der Waals surface area contributed by atoms with E-state index in [1.807, 2.05) is 0 Å². The zero-order chi connectivity index (χ0) is 12.5. The second kappa shape index (κ2) is 4.59. The minimum absolute atomic E-state index is 0.323. The smallest absolute Gasteiger partial charge is 0.341 e. The zero-order valence-electron chi connectivity index (χ0n) is 10.6. The Bertz CT molecular complexity index is 441. The molecule has 1 aromatic rings. The van der Waals surface area contributed by atoms with E-state index in [0.717, 1.165) is 11.8 Å². The second-order valence-electron chi connectivity index (χ2n) is 5.24. The van der Waals surface area contributed by atoms with Gasteiger partial charge in [0.1, 0.15) is 11.4 Å². The summed E-state index contributed by atoms with van der Waals surface area (Å²) in [5.74, 6) is 1.89. The van der Waals surface area contributed by atoms with Crippen molar-refractivity contribution in [3.63, 3.8) is 0 Å². The molecule has 4 nitrogen and oxygen atoms in total. The summed E-state index contributed by atoms with van der Waals surface area (Å²) < 4.78 is 4.79. The van der Waals surface area contributed by atoms with Crippen LogP contribution in [0.15, 0.2) is 18.3 Å². The van der Waals surface area contributed by atoms with E-state index in [9.17, 15) is 4.79 Å². The van der Waals surface area contributed by atoms with Crippen LogP contribution in [-0.2, 0) is 4.74 Å². The first kappa shape index (κ1) is 11.5. The number of ether oxygens (including phenoxy) is 1. The van der Waals surface area contributed by atoms with E-state index in [-0.39, 0.29) is 5.97 Å². The molecule has 3 rings (SSSR count). The summed E-state index contributed by atoms with van der Waals surface area (Å²) in [5.41, 5.74) is 0.534. The van der Waals surface area contributed by atoms with Crippen LogP contribution in [0.1, 0.15) is 36.0 Å². The summed E-state index contributed by atoms with van der Waals surface area (Å²) in [4.78, 5) is 16.0. The molecule has 1 aromatic heterocycles. The van der Waals surface area contributed by atoms with Crippen LogP contribution in [0.25, 0.3) is 0 Å². The topological polar surface area (TPSA) is 51.2 Å². The fourth-order valence-corrected chi connectivity index (χ4v) is 2.48. The van der Waals surface area contributed by atoms with Crippen LogP contribution < -0.4 is 5.32 Å². The highest BCUT2D eigenvalue weighted by atomic mass is 16.5. The zero-order valence-corrected chi connectivity index (χ0v) is 10.6. The van der Waals surface area contributed by atoms with Gasteiger partial charge in [0.05, 0.1) is 7.11 Å². The van der Waals surface area contributed by atoms with Crippen molar-refractivity contribution in [1.29, 1.82) is 0 Å². The molecule has 1 N–H and O–H groups in total. The van der Waals surface area contributed by atoms with Gasteiger partial charge < -0.3 is 10.1 Å². The summed E-state index contributed by atoms with van der Waals surface area (Å²) in [6.45, 7) is 0. The summed E-state index contributed by atoms with van der Waals surface area (Å²) in [6, 6.07) is 4.02. The maximum absolute atomic E-state index is 11.7. The Balaban J connectivity index is 1.80. The predicted octanol–water partition coefficient (Wildman–Crippen LogP) is 2.47. The lowest BCUT2D eigenvalue weighted by molar-refractivity contribution is 0.0601. The summed E-state index contributed by atoms with van der Waals surface area (Å²) in [6.07, 6.45) is 6.91. The van der Waals surface area contributed by atoms with Crippen LogP contribution in [0, 0.1) is 11.8 Å². The molecule has 0 saturated heterocycles. The SMILES string of the molecule is COC(=O)c1cccnc1NC(C1CC1)C1CC1. The monoisotopic (exact) mass is 246 g/mol. The number of hydrogen-bond donors (Lipinski definition) is 1. The van der Waals surface area contributed by atoms with E-state index >= 15 is 0 Å². The molecule has 0 unspecified atom stereocenters. The highest BCUT2D eigenvalue weighted by Crippen LogP contribution is 2.45. The molecule has 0 aromatic carbocycles. The van der Waals surface area contributed by atoms with Crippen molar-refractivity contribution in [2.75, 3.05) is 12.4 Å². The molecule has 4 heteroatoms. The number of carbonyl (C=O) groups excluding carboxylic acids is 1. The van der Waals surface area contributed by atoms with Crippen molar-refractivity contribution < 1.29 is 9.53 Å². The van der Waals surface area contributed by atoms with E-state index in [4.69, 9.17) is 4.74 Å². The number of anilines is 1. The molecule has 2 aliphatic carbocycles. The minimum Gasteiger partial charge on any atom is -0.465 e. The third-order valence-corrected chi connectivity index (χ3v) is 3.78. The van der Waals surface area contributed by atoms with Gasteiger partial charge in [0.15, 0.2) is 0 Å². The van der Waals surface area contributed by atoms with Gasteiger partial charge in [-0.05, 0) is 49.7 Å². The molecular weight excluding hydrogens is 228 g/mol. The Hall–Kier alpha value is -1.58. The average molecular weight is 246 g/mol. The highest BCUT2D eigenvalue weighted by molar-refractivity contribution is 5.94. The Labute approximate surface area is 107 Å². The predicted molar refractivity (Wildman–Crippen MR) is 68.4 cm³/mol. The van der Waals surface area contributed by atoms with Gasteiger partial charge in [0.25, 0.3) is 0 Å². The molecule has 2 aliphatic rings. The Morgan fingerprint density at radius 2 is 2.06 bits per heavy atom. The van der Waals surface area contributed by atoms with E-state index < -0.39 is 0 Å². The fraction of sp³-hybridized carbons (Fsp3) is 0.571. The first-order valence-electron chi connectivity index (χ1n) is 6.59. The van der Waals surface area contributed by atoms with Gasteiger partial charge in [0.2, 0.25) is 0 Å². The third kappa shape index (κ3) is 2.33. The maximum atomic E-state index is 11.7. The van der Waals surface area contributed by atoms with Crippen molar-refractivity contribution in [1.82, 2.24) is 4.98 Å². The van der Waals surface area contributed by atoms with Gasteiger partial charge in [-0.15, -0.1) is 0 Å². The van der Waals surface area contributed by atoms with E-state index in [1.54, 1.807) is 18.3 Å². The quantitative estimate of drug-likeness (QED) is 0.811. The number of nitrogens with one attached hydrogen (secondary N) is 1. The lowest BCUT2D eigenvalue weighted by Crippen LogP contribution is -2.26. The van der Waals surface area contributed by atoms with Gasteiger partial charge in [0, 0.05) is 12.2 Å². The normalized spacial score (nSPS) is 18.8. The molecule has 96 valence electrons. The number of aromatic nitrogens is 1. The summed E-state index contributed by atoms with van der Waals surface area (Å²) >= 11 is 0. The van der Waals surface area contributed by atoms with Crippen LogP contribution in [0.5, 0.6) is 0 Å². The fourth-order valence-electron chi connectivity index (χ4n) is 2.48. The minimum atomic E-state index is -0.323. The second-order valence-corrected chi connectivity index (χ2v) is 5.24. The van der Waals surface area contributed by atoms with E-state index in [0.29, 0.717) is 17.4 Å². The molecule has 0 amide bonds. The van der Waals surface area contributed by atoms with Crippen molar-refractivity contribution in [3.05, 3.63) is 23.9 Å². The lowest BCUT2D eigenvalue weighted by Gasteiger charge is -2.19. The van der Waals surface area contributed by atoms with Crippen LogP contribution in [0.3, 0.4) is 0 Å². The third-order valence-electron chi connectivity index (χ3n) is 3.78. The van der Waals surface area contributed by atoms with Crippen molar-refractivity contribution in [2.24, 2.45) is 11.8 Å². The number of rotatable bonds is 5. The first-order chi connectivity index (χ1) is 8.79. The highest BCUT2D eigenvalue weighted by Gasteiger charge is 2.41. The number of esters is 1. The molecule has 0 bridgehead atoms. The molecular formula is C14H18N2O2. The standard InChI is InChI=1S/C14H18N2O2/c1-18-14(17)11-3-2-8-15-13(11)16-12(9-4-5-9)10-6-7-10/h2-3,8-10,12H,4-7H2,1H3,(H,15,16). The number of methoxy groups -OCH3 is 1. The Kier molecular flexibility index (Phi) is 2.94. The molecule has 0 spiro atoms. The molecule has 1 heterocycles. The average Bonchev–Trinajstić information content (AvgIpc) is 3.29. The molecule has 0 radical (unpaired) electrons. The lowest BCUT2D eigenvalue weighted by atomic mass is 10.1. The molecule has 2 saturated carbocycles. The van der Waals surface area contributed by atoms with E-state index in [2.05, 4.69) is 10.3 Å². The van der Waals surface area contributed by atoms with Crippen molar-refractivity contribution in [3.8, 4) is 0 Å². The molecule has 0 atom stereocenters. The largest absolute Gasteiger partial charge is 0.465 e. The number of pyridine rings is 1. The van der Waals surface area contributed by atoms with E-state index in [1.165, 1.54) is 32.8 Å². The summed E-state index contributed by atoms with van der Waals surface area (Å²) in [7, 11) is 1.40. The van der Waals surface area contributed by atoms with Crippen molar-refractivity contribution in [2.45, 2.75) is 31.7 Å². The van der Waals surface area contributed by atoms with Crippen LogP contribution in [0.2, 0.25) is 0 Å². The number of nitrogens with zero attached hydrogens (tertiary/aromatic N) is 1. The maximum Gasteiger partial charge on any atom is 0.341 e. The number of carbonyl (C=O) groups is 1. The molecule has 2 fully saturated rings. The van der Waals surface area contributed by atoms with Crippen molar-refractivity contribution >= 4 is 11.8 Å². The van der Waals surface area contributed by atoms with Gasteiger partial charge in [-0.1, -0.05) is 0 Å². The Morgan fingerprint density at radius 3 is 2.61 bits per heavy atom. The van der Waals surface area contributed by atoms with Crippen LogP contribution in [-0.4, -0.2) is 24.1 Å².